The molecule has 0 saturated carbocycles. The lowest BCUT2D eigenvalue weighted by molar-refractivity contribution is 0.604. The third-order valence-corrected chi connectivity index (χ3v) is 4.88. The van der Waals surface area contributed by atoms with Crippen molar-refractivity contribution in [3.8, 4) is 0 Å². The van der Waals surface area contributed by atoms with E-state index in [4.69, 9.17) is 11.6 Å². The molecule has 0 N–H and O–H groups in total. The predicted octanol–water partition coefficient (Wildman–Crippen LogP) is 4.53. The molecule has 2 aromatic rings. The lowest BCUT2D eigenvalue weighted by Gasteiger charge is -2.00. The molecule has 2 nitrogen and oxygen atoms in total. The Kier molecular flexibility index (Phi) is 5.23. The van der Waals surface area contributed by atoms with Crippen molar-refractivity contribution in [2.24, 2.45) is 0 Å². The molecule has 5 heteroatoms. The SMILES string of the molecule is O=S(=O)(C=Cc1ccc(Cl)cc1)Cc1ccc(I)cc1. The molecule has 0 aliphatic carbocycles. The monoisotopic (exact) mass is 418 g/mol. The minimum atomic E-state index is -3.27. The van der Waals surface area contributed by atoms with Gasteiger partial charge in [0.2, 0.25) is 0 Å². The van der Waals surface area contributed by atoms with E-state index in [2.05, 4.69) is 22.6 Å². The summed E-state index contributed by atoms with van der Waals surface area (Å²) in [5.74, 6) is 0.00795. The standard InChI is InChI=1S/C15H12ClIO2S/c16-14-5-1-12(2-6-14)9-10-20(18,19)11-13-3-7-15(17)8-4-13/h1-10H,11H2. The van der Waals surface area contributed by atoms with Crippen LogP contribution in [0.5, 0.6) is 0 Å². The Labute approximate surface area is 137 Å². The van der Waals surface area contributed by atoms with Crippen LogP contribution in [0.2, 0.25) is 5.02 Å². The van der Waals surface area contributed by atoms with E-state index >= 15 is 0 Å². The molecular weight excluding hydrogens is 407 g/mol. The first-order chi connectivity index (χ1) is 9.44. The third-order valence-electron chi connectivity index (χ3n) is 2.62. The Morgan fingerprint density at radius 1 is 1.00 bits per heavy atom. The second-order valence-electron chi connectivity index (χ2n) is 4.29. The van der Waals surface area contributed by atoms with Gasteiger partial charge in [0.25, 0.3) is 0 Å². The predicted molar refractivity (Wildman–Crippen MR) is 92.3 cm³/mol. The molecule has 0 radical (unpaired) electrons. The van der Waals surface area contributed by atoms with Gasteiger partial charge >= 0.3 is 0 Å². The highest BCUT2D eigenvalue weighted by atomic mass is 127. The molecule has 0 bridgehead atoms. The Hall–Kier alpha value is -0.850. The third kappa shape index (κ3) is 4.92. The van der Waals surface area contributed by atoms with Gasteiger partial charge in [-0.15, -0.1) is 0 Å². The molecule has 2 rings (SSSR count). The average Bonchev–Trinajstić information content (AvgIpc) is 2.41. The van der Waals surface area contributed by atoms with Crippen molar-refractivity contribution in [2.45, 2.75) is 5.75 Å². The largest absolute Gasteiger partial charge is 0.224 e. The minimum Gasteiger partial charge on any atom is -0.224 e. The summed E-state index contributed by atoms with van der Waals surface area (Å²) in [5, 5.41) is 1.87. The summed E-state index contributed by atoms with van der Waals surface area (Å²) in [6.45, 7) is 0. The molecule has 0 saturated heterocycles. The van der Waals surface area contributed by atoms with Crippen molar-refractivity contribution >= 4 is 50.1 Å². The van der Waals surface area contributed by atoms with Gasteiger partial charge in [0.1, 0.15) is 0 Å². The Morgan fingerprint density at radius 2 is 1.60 bits per heavy atom. The van der Waals surface area contributed by atoms with Crippen LogP contribution in [0, 0.1) is 3.57 Å². The van der Waals surface area contributed by atoms with Crippen LogP contribution >= 0.6 is 34.2 Å². The maximum atomic E-state index is 12.0. The van der Waals surface area contributed by atoms with Gasteiger partial charge in [0.15, 0.2) is 9.84 Å². The zero-order valence-corrected chi connectivity index (χ0v) is 14.2. The van der Waals surface area contributed by atoms with Crippen LogP contribution in [-0.2, 0) is 15.6 Å². The molecule has 0 aliphatic rings. The number of rotatable bonds is 4. The molecule has 0 heterocycles. The molecular formula is C15H12ClIO2S. The summed E-state index contributed by atoms with van der Waals surface area (Å²) in [6.07, 6.45) is 1.58. The Bertz CT molecular complexity index is 705. The van der Waals surface area contributed by atoms with E-state index in [0.29, 0.717) is 5.02 Å². The lowest BCUT2D eigenvalue weighted by Crippen LogP contribution is -1.99. The molecule has 104 valence electrons. The van der Waals surface area contributed by atoms with Crippen LogP contribution in [0.3, 0.4) is 0 Å². The number of benzene rings is 2. The first kappa shape index (κ1) is 15.5. The summed E-state index contributed by atoms with van der Waals surface area (Å²) in [6, 6.07) is 14.5. The average molecular weight is 419 g/mol. The van der Waals surface area contributed by atoms with E-state index < -0.39 is 9.84 Å². The quantitative estimate of drug-likeness (QED) is 0.684. The highest BCUT2D eigenvalue weighted by molar-refractivity contribution is 14.1. The van der Waals surface area contributed by atoms with Crippen molar-refractivity contribution in [3.05, 3.63) is 73.7 Å². The van der Waals surface area contributed by atoms with E-state index in [1.54, 1.807) is 30.3 Å². The molecule has 2 aromatic carbocycles. The molecule has 20 heavy (non-hydrogen) atoms. The Balaban J connectivity index is 2.11. The summed E-state index contributed by atoms with van der Waals surface area (Å²) < 4.78 is 25.1. The molecule has 0 fully saturated rings. The van der Waals surface area contributed by atoms with E-state index in [-0.39, 0.29) is 5.75 Å². The van der Waals surface area contributed by atoms with Crippen molar-refractivity contribution in [1.29, 1.82) is 0 Å². The minimum absolute atomic E-state index is 0.00795. The Morgan fingerprint density at radius 3 is 2.20 bits per heavy atom. The number of hydrogen-bond acceptors (Lipinski definition) is 2. The fourth-order valence-corrected chi connectivity index (χ4v) is 3.22. The van der Waals surface area contributed by atoms with Gasteiger partial charge in [0, 0.05) is 14.0 Å². The topological polar surface area (TPSA) is 34.1 Å². The van der Waals surface area contributed by atoms with Gasteiger partial charge in [-0.05, 0) is 64.1 Å². The van der Waals surface area contributed by atoms with Crippen LogP contribution in [0.15, 0.2) is 53.9 Å². The molecule has 0 aromatic heterocycles. The number of halogens is 2. The zero-order chi connectivity index (χ0) is 14.6. The van der Waals surface area contributed by atoms with Gasteiger partial charge in [0.05, 0.1) is 5.75 Å². The van der Waals surface area contributed by atoms with Crippen LogP contribution in [-0.4, -0.2) is 8.42 Å². The van der Waals surface area contributed by atoms with E-state index in [9.17, 15) is 8.42 Å². The molecule has 0 spiro atoms. The van der Waals surface area contributed by atoms with Crippen molar-refractivity contribution in [1.82, 2.24) is 0 Å². The zero-order valence-electron chi connectivity index (χ0n) is 10.5. The van der Waals surface area contributed by atoms with Crippen LogP contribution in [0.4, 0.5) is 0 Å². The number of sulfone groups is 1. The van der Waals surface area contributed by atoms with Crippen molar-refractivity contribution in [2.75, 3.05) is 0 Å². The van der Waals surface area contributed by atoms with Gasteiger partial charge < -0.3 is 0 Å². The normalized spacial score (nSPS) is 11.9. The fourth-order valence-electron chi connectivity index (χ4n) is 1.62. The summed E-state index contributed by atoms with van der Waals surface area (Å²) in [7, 11) is -3.27. The molecule has 0 unspecified atom stereocenters. The summed E-state index contributed by atoms with van der Waals surface area (Å²) in [5.41, 5.74) is 1.59. The number of hydrogen-bond donors (Lipinski definition) is 0. The summed E-state index contributed by atoms with van der Waals surface area (Å²) >= 11 is 7.97. The lowest BCUT2D eigenvalue weighted by atomic mass is 10.2. The maximum Gasteiger partial charge on any atom is 0.175 e. The van der Waals surface area contributed by atoms with Crippen LogP contribution < -0.4 is 0 Å². The van der Waals surface area contributed by atoms with Crippen LogP contribution in [0.25, 0.3) is 6.08 Å². The first-order valence-electron chi connectivity index (χ1n) is 5.85. The second-order valence-corrected chi connectivity index (χ2v) is 7.86. The van der Waals surface area contributed by atoms with Gasteiger partial charge in [-0.25, -0.2) is 8.42 Å². The highest BCUT2D eigenvalue weighted by Crippen LogP contribution is 2.14. The van der Waals surface area contributed by atoms with Gasteiger partial charge in [-0.3, -0.25) is 0 Å². The maximum absolute atomic E-state index is 12.0. The molecule has 0 aliphatic heterocycles. The highest BCUT2D eigenvalue weighted by Gasteiger charge is 2.07. The van der Waals surface area contributed by atoms with E-state index in [1.165, 1.54) is 5.41 Å². The van der Waals surface area contributed by atoms with E-state index in [1.807, 2.05) is 24.3 Å². The van der Waals surface area contributed by atoms with Crippen molar-refractivity contribution in [3.63, 3.8) is 0 Å². The smallest absolute Gasteiger partial charge is 0.175 e. The van der Waals surface area contributed by atoms with Gasteiger partial charge in [-0.2, -0.15) is 0 Å². The summed E-state index contributed by atoms with van der Waals surface area (Å²) in [4.78, 5) is 0. The second kappa shape index (κ2) is 6.74. The van der Waals surface area contributed by atoms with Crippen molar-refractivity contribution < 1.29 is 8.42 Å². The molecule has 0 amide bonds. The fraction of sp³-hybridized carbons (Fsp3) is 0.0667. The first-order valence-corrected chi connectivity index (χ1v) is 9.03. The van der Waals surface area contributed by atoms with Crippen LogP contribution in [0.1, 0.15) is 11.1 Å². The molecule has 0 atom stereocenters. The van der Waals surface area contributed by atoms with Gasteiger partial charge in [-0.1, -0.05) is 35.9 Å². The van der Waals surface area contributed by atoms with E-state index in [0.717, 1.165) is 14.7 Å².